The highest BCUT2D eigenvalue weighted by atomic mass is 16.5. The van der Waals surface area contributed by atoms with Crippen molar-refractivity contribution in [1.82, 2.24) is 0 Å². The van der Waals surface area contributed by atoms with Gasteiger partial charge in [0.2, 0.25) is 0 Å². The molecule has 0 amide bonds. The molecule has 0 radical (unpaired) electrons. The molecule has 7 unspecified atom stereocenters. The summed E-state index contributed by atoms with van der Waals surface area (Å²) in [4.78, 5) is 25.4. The van der Waals surface area contributed by atoms with Crippen LogP contribution in [0.4, 0.5) is 0 Å². The molecule has 0 aromatic heterocycles. The van der Waals surface area contributed by atoms with Gasteiger partial charge >= 0.3 is 5.97 Å². The van der Waals surface area contributed by atoms with Gasteiger partial charge in [-0.15, -0.1) is 0 Å². The Morgan fingerprint density at radius 1 is 1.00 bits per heavy atom. The molecule has 3 nitrogen and oxygen atoms in total. The van der Waals surface area contributed by atoms with Crippen LogP contribution in [0.15, 0.2) is 11.6 Å². The molecule has 4 fully saturated rings. The van der Waals surface area contributed by atoms with E-state index in [1.165, 1.54) is 38.5 Å². The van der Waals surface area contributed by atoms with Crippen LogP contribution >= 0.6 is 0 Å². The Hall–Kier alpha value is -1.12. The smallest absolute Gasteiger partial charge is 0.316 e. The number of allylic oxidation sites excluding steroid dienone is 2. The minimum absolute atomic E-state index is 0.139. The second-order valence-electron chi connectivity index (χ2n) is 10.6. The van der Waals surface area contributed by atoms with Crippen molar-refractivity contribution in [2.45, 2.75) is 120 Å². The lowest BCUT2D eigenvalue weighted by Crippen LogP contribution is -2.52. The first-order valence-electron chi connectivity index (χ1n) is 14.3. The Morgan fingerprint density at radius 3 is 2.30 bits per heavy atom. The zero-order valence-electron chi connectivity index (χ0n) is 23.0. The molecule has 0 heterocycles. The van der Waals surface area contributed by atoms with Gasteiger partial charge < -0.3 is 4.74 Å². The molecule has 4 aliphatic rings. The Bertz CT molecular complexity index is 695. The van der Waals surface area contributed by atoms with E-state index in [1.54, 1.807) is 5.57 Å². The summed E-state index contributed by atoms with van der Waals surface area (Å²) in [5.41, 5.74) is 2.36. The van der Waals surface area contributed by atoms with Gasteiger partial charge in [-0.05, 0) is 106 Å². The van der Waals surface area contributed by atoms with E-state index in [0.717, 1.165) is 37.0 Å². The van der Waals surface area contributed by atoms with Crippen LogP contribution in [0.1, 0.15) is 120 Å². The number of esters is 1. The van der Waals surface area contributed by atoms with Crippen LogP contribution in [-0.4, -0.2) is 18.4 Å². The molecule has 0 aromatic rings. The fourth-order valence-electron chi connectivity index (χ4n) is 8.60. The molecule has 0 N–H and O–H groups in total. The average molecular weight is 461 g/mol. The van der Waals surface area contributed by atoms with Crippen molar-refractivity contribution < 1.29 is 14.3 Å². The molecular weight excluding hydrogens is 408 g/mol. The molecule has 3 heteroatoms. The molecule has 4 rings (SSSR count). The maximum absolute atomic E-state index is 12.9. The standard InChI is InChI=1S/C26H40O3.2C2H6/c1-5-17-9-11-21-19-10-8-18-16-20(24(28)29-7-3)23(27)13-15-26(18,6-2)22(19)12-14-25(17,21)4;2*1-2/h5,18-22H,6-16H2,1-4H3;2*1-2H3/b17-5-;;. The molecular formula is C30H52O3. The first kappa shape index (κ1) is 28.1. The molecule has 4 saturated carbocycles. The van der Waals surface area contributed by atoms with Gasteiger partial charge in [-0.2, -0.15) is 0 Å². The molecule has 0 aliphatic heterocycles. The highest BCUT2D eigenvalue weighted by molar-refractivity contribution is 5.99. The molecule has 33 heavy (non-hydrogen) atoms. The number of carbonyl (C=O) groups excluding carboxylic acids is 2. The number of hydrogen-bond donors (Lipinski definition) is 0. The van der Waals surface area contributed by atoms with Crippen molar-refractivity contribution >= 4 is 11.8 Å². The summed E-state index contributed by atoms with van der Waals surface area (Å²) in [6.45, 7) is 17.3. The summed E-state index contributed by atoms with van der Waals surface area (Å²) in [5, 5.41) is 0. The van der Waals surface area contributed by atoms with Crippen LogP contribution in [0.5, 0.6) is 0 Å². The van der Waals surface area contributed by atoms with Crippen molar-refractivity contribution in [3.05, 3.63) is 11.6 Å². The lowest BCUT2D eigenvalue weighted by atomic mass is 9.45. The predicted octanol–water partition coefficient (Wildman–Crippen LogP) is 8.17. The summed E-state index contributed by atoms with van der Waals surface area (Å²) >= 11 is 0. The number of carbonyl (C=O) groups is 2. The van der Waals surface area contributed by atoms with E-state index in [0.29, 0.717) is 24.4 Å². The van der Waals surface area contributed by atoms with Gasteiger partial charge in [-0.25, -0.2) is 0 Å². The SMILES string of the molecule is C/C=C1/CCC2C3CCC4CC(C(=O)OCC)C(=O)CCC4(CC)C3CCC12C.CC.CC. The first-order valence-corrected chi connectivity index (χ1v) is 14.3. The molecule has 7 atom stereocenters. The number of Topliss-reactive ketones (excluding diaryl/α,β-unsaturated/α-hetero) is 1. The third kappa shape index (κ3) is 4.85. The van der Waals surface area contributed by atoms with Crippen molar-refractivity contribution in [3.8, 4) is 0 Å². The Labute approximate surface area is 204 Å². The van der Waals surface area contributed by atoms with Gasteiger partial charge in [0.05, 0.1) is 6.61 Å². The van der Waals surface area contributed by atoms with Crippen LogP contribution in [0.25, 0.3) is 0 Å². The van der Waals surface area contributed by atoms with Crippen LogP contribution in [0, 0.1) is 40.4 Å². The number of ether oxygens (including phenoxy) is 1. The molecule has 0 saturated heterocycles. The quantitative estimate of drug-likeness (QED) is 0.242. The van der Waals surface area contributed by atoms with Crippen molar-refractivity contribution in [1.29, 1.82) is 0 Å². The van der Waals surface area contributed by atoms with E-state index in [1.807, 2.05) is 34.6 Å². The van der Waals surface area contributed by atoms with E-state index in [2.05, 4.69) is 26.8 Å². The second kappa shape index (κ2) is 12.0. The monoisotopic (exact) mass is 460 g/mol. The van der Waals surface area contributed by atoms with Gasteiger partial charge in [0.1, 0.15) is 11.7 Å². The largest absolute Gasteiger partial charge is 0.465 e. The summed E-state index contributed by atoms with van der Waals surface area (Å²) in [5.74, 6) is 2.21. The minimum atomic E-state index is -0.514. The van der Waals surface area contributed by atoms with Gasteiger partial charge in [-0.3, -0.25) is 9.59 Å². The molecule has 0 aromatic carbocycles. The number of rotatable bonds is 3. The normalized spacial score (nSPS) is 40.7. The van der Waals surface area contributed by atoms with E-state index < -0.39 is 5.92 Å². The number of hydrogen-bond acceptors (Lipinski definition) is 3. The zero-order chi connectivity index (χ0) is 24.8. The van der Waals surface area contributed by atoms with E-state index in [9.17, 15) is 9.59 Å². The fraction of sp³-hybridized carbons (Fsp3) is 0.867. The van der Waals surface area contributed by atoms with Gasteiger partial charge in [-0.1, -0.05) is 53.2 Å². The highest BCUT2D eigenvalue weighted by Crippen LogP contribution is 2.67. The number of fused-ring (bicyclic) bond motifs is 5. The summed E-state index contributed by atoms with van der Waals surface area (Å²) in [6, 6.07) is 0. The topological polar surface area (TPSA) is 43.4 Å². The van der Waals surface area contributed by atoms with Crippen LogP contribution in [0.3, 0.4) is 0 Å². The van der Waals surface area contributed by atoms with E-state index >= 15 is 0 Å². The lowest BCUT2D eigenvalue weighted by molar-refractivity contribution is -0.152. The van der Waals surface area contributed by atoms with Crippen molar-refractivity contribution in [2.24, 2.45) is 40.4 Å². The zero-order valence-corrected chi connectivity index (χ0v) is 23.0. The lowest BCUT2D eigenvalue weighted by Gasteiger charge is -2.59. The Morgan fingerprint density at radius 2 is 1.70 bits per heavy atom. The minimum Gasteiger partial charge on any atom is -0.465 e. The maximum atomic E-state index is 12.9. The van der Waals surface area contributed by atoms with Crippen LogP contribution in [-0.2, 0) is 14.3 Å². The molecule has 4 aliphatic carbocycles. The number of ketones is 1. The summed E-state index contributed by atoms with van der Waals surface area (Å²) in [7, 11) is 0. The van der Waals surface area contributed by atoms with Crippen molar-refractivity contribution in [2.75, 3.05) is 6.61 Å². The van der Waals surface area contributed by atoms with Gasteiger partial charge in [0.25, 0.3) is 0 Å². The van der Waals surface area contributed by atoms with E-state index in [-0.39, 0.29) is 17.2 Å². The highest BCUT2D eigenvalue weighted by Gasteiger charge is 2.60. The second-order valence-corrected chi connectivity index (χ2v) is 10.6. The Kier molecular flexibility index (Phi) is 10.2. The van der Waals surface area contributed by atoms with Crippen molar-refractivity contribution in [3.63, 3.8) is 0 Å². The fourth-order valence-corrected chi connectivity index (χ4v) is 8.60. The van der Waals surface area contributed by atoms with Crippen LogP contribution in [0.2, 0.25) is 0 Å². The molecule has 190 valence electrons. The van der Waals surface area contributed by atoms with E-state index in [4.69, 9.17) is 4.74 Å². The van der Waals surface area contributed by atoms with Gasteiger partial charge in [0, 0.05) is 6.42 Å². The third-order valence-electron chi connectivity index (χ3n) is 10.0. The third-order valence-corrected chi connectivity index (χ3v) is 10.0. The summed E-state index contributed by atoms with van der Waals surface area (Å²) in [6.07, 6.45) is 13.6. The molecule has 0 bridgehead atoms. The van der Waals surface area contributed by atoms with Crippen LogP contribution < -0.4 is 0 Å². The molecule has 0 spiro atoms. The Balaban J connectivity index is 0.000000914. The average Bonchev–Trinajstić information content (AvgIpc) is 3.11. The summed E-state index contributed by atoms with van der Waals surface area (Å²) < 4.78 is 5.29. The maximum Gasteiger partial charge on any atom is 0.316 e. The first-order chi connectivity index (χ1) is 15.9. The predicted molar refractivity (Wildman–Crippen MR) is 138 cm³/mol. The van der Waals surface area contributed by atoms with Gasteiger partial charge in [0.15, 0.2) is 0 Å².